The largest absolute Gasteiger partial charge is 0.396 e. The summed E-state index contributed by atoms with van der Waals surface area (Å²) in [5, 5.41) is 25.4. The van der Waals surface area contributed by atoms with Gasteiger partial charge >= 0.3 is 0 Å². The third-order valence-corrected chi connectivity index (χ3v) is 4.58. The molecule has 5 heteroatoms. The first-order valence-electron chi connectivity index (χ1n) is 9.17. The molecule has 1 aliphatic carbocycles. The van der Waals surface area contributed by atoms with E-state index in [1.165, 1.54) is 5.56 Å². The van der Waals surface area contributed by atoms with E-state index < -0.39 is 5.41 Å². The van der Waals surface area contributed by atoms with Crippen molar-refractivity contribution < 1.29 is 24.9 Å². The van der Waals surface area contributed by atoms with Crippen molar-refractivity contribution in [3.05, 3.63) is 35.4 Å². The molecule has 0 atom stereocenters. The number of carbonyl (C=O) groups is 2. The number of aliphatic hydroxyl groups excluding tert-OH is 3. The lowest BCUT2D eigenvalue weighted by atomic mass is 9.82. The number of rotatable bonds is 6. The second-order valence-corrected chi connectivity index (χ2v) is 7.98. The molecule has 0 unspecified atom stereocenters. The van der Waals surface area contributed by atoms with Crippen LogP contribution in [-0.2, 0) is 16.0 Å². The van der Waals surface area contributed by atoms with Crippen LogP contribution in [0.3, 0.4) is 0 Å². The summed E-state index contributed by atoms with van der Waals surface area (Å²) in [4.78, 5) is 22.9. The first-order chi connectivity index (χ1) is 12.2. The lowest BCUT2D eigenvalue weighted by Gasteiger charge is -2.20. The Bertz CT molecular complexity index is 548. The predicted molar refractivity (Wildman–Crippen MR) is 101 cm³/mol. The average molecular weight is 364 g/mol. The summed E-state index contributed by atoms with van der Waals surface area (Å²) >= 11 is 0. The van der Waals surface area contributed by atoms with E-state index in [-0.39, 0.29) is 43.7 Å². The lowest BCUT2D eigenvalue weighted by molar-refractivity contribution is -0.130. The Hall–Kier alpha value is -1.56. The van der Waals surface area contributed by atoms with E-state index in [1.807, 2.05) is 0 Å². The number of Topliss-reactive ketones (excluding diaryl/α,β-unsaturated/α-hetero) is 2. The summed E-state index contributed by atoms with van der Waals surface area (Å²) in [6.07, 6.45) is 2.26. The first kappa shape index (κ1) is 22.5. The van der Waals surface area contributed by atoms with Crippen LogP contribution < -0.4 is 0 Å². The summed E-state index contributed by atoms with van der Waals surface area (Å²) in [5.41, 5.74) is 1.74. The monoisotopic (exact) mass is 364 g/mol. The van der Waals surface area contributed by atoms with E-state index >= 15 is 0 Å². The van der Waals surface area contributed by atoms with Gasteiger partial charge in [0.1, 0.15) is 11.6 Å². The van der Waals surface area contributed by atoms with Crippen LogP contribution in [-0.4, -0.2) is 46.7 Å². The van der Waals surface area contributed by atoms with Crippen molar-refractivity contribution >= 4 is 11.6 Å². The quantitative estimate of drug-likeness (QED) is 0.673. The Morgan fingerprint density at radius 2 is 1.42 bits per heavy atom. The highest BCUT2D eigenvalue weighted by atomic mass is 16.3. The topological polar surface area (TPSA) is 94.8 Å². The fraction of sp³-hybridized carbons (Fsp3) is 0.619. The van der Waals surface area contributed by atoms with Crippen LogP contribution in [0.15, 0.2) is 24.3 Å². The minimum absolute atomic E-state index is 0.0857. The molecular formula is C21H32O5. The molecule has 3 N–H and O–H groups in total. The van der Waals surface area contributed by atoms with Gasteiger partial charge in [0.25, 0.3) is 0 Å². The van der Waals surface area contributed by atoms with Gasteiger partial charge in [-0.2, -0.15) is 0 Å². The second-order valence-electron chi connectivity index (χ2n) is 7.98. The van der Waals surface area contributed by atoms with Gasteiger partial charge in [0, 0.05) is 18.3 Å². The fourth-order valence-electron chi connectivity index (χ4n) is 2.77. The molecule has 0 aromatic heterocycles. The molecule has 2 rings (SSSR count). The third-order valence-electron chi connectivity index (χ3n) is 4.58. The van der Waals surface area contributed by atoms with Gasteiger partial charge in [0.2, 0.25) is 0 Å². The Kier molecular flexibility index (Phi) is 9.13. The SMILES string of the molecule is CC(C)Cc1ccc(C2CC(=O)CC(=O)C2)cc1.CC(CO)(CO)CO. The van der Waals surface area contributed by atoms with E-state index in [4.69, 9.17) is 15.3 Å². The van der Waals surface area contributed by atoms with Gasteiger partial charge in [-0.25, -0.2) is 0 Å². The maximum atomic E-state index is 11.4. The number of ketones is 2. The van der Waals surface area contributed by atoms with Gasteiger partial charge in [0.05, 0.1) is 26.2 Å². The van der Waals surface area contributed by atoms with E-state index in [2.05, 4.69) is 38.1 Å². The molecule has 0 heterocycles. The van der Waals surface area contributed by atoms with E-state index in [0.717, 1.165) is 12.0 Å². The normalized spacial score (nSPS) is 15.8. The first-order valence-corrected chi connectivity index (χ1v) is 9.17. The van der Waals surface area contributed by atoms with Crippen LogP contribution in [0, 0.1) is 11.3 Å². The molecular weight excluding hydrogens is 332 g/mol. The zero-order valence-electron chi connectivity index (χ0n) is 16.1. The molecule has 0 spiro atoms. The van der Waals surface area contributed by atoms with E-state index in [1.54, 1.807) is 6.92 Å². The zero-order chi connectivity index (χ0) is 19.7. The Labute approximate surface area is 156 Å². The number of hydrogen-bond donors (Lipinski definition) is 3. The highest BCUT2D eigenvalue weighted by Crippen LogP contribution is 2.29. The smallest absolute Gasteiger partial charge is 0.140 e. The van der Waals surface area contributed by atoms with Crippen molar-refractivity contribution in [1.29, 1.82) is 0 Å². The molecule has 0 saturated heterocycles. The van der Waals surface area contributed by atoms with Crippen molar-refractivity contribution in [2.45, 2.75) is 52.4 Å². The van der Waals surface area contributed by atoms with Gasteiger partial charge in [-0.3, -0.25) is 9.59 Å². The van der Waals surface area contributed by atoms with Crippen molar-refractivity contribution in [3.63, 3.8) is 0 Å². The molecule has 1 fully saturated rings. The van der Waals surface area contributed by atoms with Crippen LogP contribution in [0.25, 0.3) is 0 Å². The van der Waals surface area contributed by atoms with Crippen molar-refractivity contribution in [2.75, 3.05) is 19.8 Å². The number of hydrogen-bond acceptors (Lipinski definition) is 5. The number of benzene rings is 1. The molecule has 1 aromatic rings. The maximum Gasteiger partial charge on any atom is 0.140 e. The van der Waals surface area contributed by atoms with Gasteiger partial charge in [-0.15, -0.1) is 0 Å². The summed E-state index contributed by atoms with van der Waals surface area (Å²) in [7, 11) is 0. The molecule has 0 aliphatic heterocycles. The molecule has 1 aromatic carbocycles. The van der Waals surface area contributed by atoms with Crippen LogP contribution in [0.1, 0.15) is 57.1 Å². The summed E-state index contributed by atoms with van der Waals surface area (Å²) in [5.74, 6) is 0.922. The third kappa shape index (κ3) is 7.36. The van der Waals surface area contributed by atoms with E-state index in [0.29, 0.717) is 18.8 Å². The standard InChI is InChI=1S/C16H20O2.C5H12O3/c1-11(2)7-12-3-5-13(6-4-12)14-8-15(17)10-16(18)9-14;1-5(2-6,3-7)4-8/h3-6,11,14H,7-10H2,1-2H3;6-8H,2-4H2,1H3. The van der Waals surface area contributed by atoms with E-state index in [9.17, 15) is 9.59 Å². The van der Waals surface area contributed by atoms with Crippen molar-refractivity contribution in [2.24, 2.45) is 11.3 Å². The van der Waals surface area contributed by atoms with Gasteiger partial charge in [0.15, 0.2) is 0 Å². The van der Waals surface area contributed by atoms with Crippen LogP contribution in [0.2, 0.25) is 0 Å². The Balaban J connectivity index is 0.000000359. The Morgan fingerprint density at radius 3 is 1.77 bits per heavy atom. The number of aliphatic hydroxyl groups is 3. The van der Waals surface area contributed by atoms with Gasteiger partial charge in [-0.1, -0.05) is 45.0 Å². The molecule has 5 nitrogen and oxygen atoms in total. The van der Waals surface area contributed by atoms with Crippen LogP contribution in [0.4, 0.5) is 0 Å². The predicted octanol–water partition coefficient (Wildman–Crippen LogP) is 2.26. The summed E-state index contributed by atoms with van der Waals surface area (Å²) < 4.78 is 0. The van der Waals surface area contributed by atoms with Gasteiger partial charge < -0.3 is 15.3 Å². The molecule has 26 heavy (non-hydrogen) atoms. The minimum atomic E-state index is -0.708. The lowest BCUT2D eigenvalue weighted by Crippen LogP contribution is -2.29. The maximum absolute atomic E-state index is 11.4. The Morgan fingerprint density at radius 1 is 0.962 bits per heavy atom. The molecule has 0 bridgehead atoms. The molecule has 0 radical (unpaired) electrons. The van der Waals surface area contributed by atoms with Crippen molar-refractivity contribution in [3.8, 4) is 0 Å². The number of carbonyl (C=O) groups excluding carboxylic acids is 2. The molecule has 1 saturated carbocycles. The molecule has 146 valence electrons. The fourth-order valence-corrected chi connectivity index (χ4v) is 2.77. The van der Waals surface area contributed by atoms with Gasteiger partial charge in [-0.05, 0) is 29.4 Å². The van der Waals surface area contributed by atoms with Crippen molar-refractivity contribution in [1.82, 2.24) is 0 Å². The minimum Gasteiger partial charge on any atom is -0.396 e. The summed E-state index contributed by atoms with van der Waals surface area (Å²) in [6, 6.07) is 8.40. The zero-order valence-corrected chi connectivity index (χ0v) is 16.1. The average Bonchev–Trinajstić information content (AvgIpc) is 2.61. The highest BCUT2D eigenvalue weighted by molar-refractivity contribution is 6.02. The molecule has 0 amide bonds. The molecule has 1 aliphatic rings. The van der Waals surface area contributed by atoms with Crippen LogP contribution >= 0.6 is 0 Å². The highest BCUT2D eigenvalue weighted by Gasteiger charge is 2.26. The summed E-state index contributed by atoms with van der Waals surface area (Å²) in [6.45, 7) is 5.46. The van der Waals surface area contributed by atoms with Crippen LogP contribution in [0.5, 0.6) is 0 Å². The second kappa shape index (κ2) is 10.6.